The van der Waals surface area contributed by atoms with Crippen molar-refractivity contribution >= 4 is 29.5 Å². The molecule has 0 aromatic heterocycles. The van der Waals surface area contributed by atoms with E-state index in [4.69, 9.17) is 0 Å². The number of hydrogen-bond donors (Lipinski definition) is 2. The monoisotopic (exact) mass is 392 g/mol. The maximum Gasteiger partial charge on any atom is 0.305 e. The first-order chi connectivity index (χ1) is 12.1. The molecule has 4 atom stereocenters. The van der Waals surface area contributed by atoms with E-state index in [2.05, 4.69) is 11.7 Å². The third-order valence-electron chi connectivity index (χ3n) is 4.69. The van der Waals surface area contributed by atoms with Gasteiger partial charge in [-0.2, -0.15) is 23.5 Å². The molecule has 2 N–H and O–H groups in total. The van der Waals surface area contributed by atoms with Crippen molar-refractivity contribution in [3.63, 3.8) is 0 Å². The van der Waals surface area contributed by atoms with Crippen LogP contribution in [0.5, 0.6) is 0 Å². The Morgan fingerprint density at radius 2 is 1.44 bits per heavy atom. The Morgan fingerprint density at radius 3 is 1.96 bits per heavy atom. The Hall–Kier alpha value is 0.0900. The first-order valence-corrected chi connectivity index (χ1v) is 11.9. The average molecular weight is 393 g/mol. The molecular weight excluding hydrogens is 356 g/mol. The highest BCUT2D eigenvalue weighted by atomic mass is 32.2. The van der Waals surface area contributed by atoms with Crippen molar-refractivity contribution in [2.45, 2.75) is 93.8 Å². The molecule has 4 nitrogen and oxygen atoms in total. The molecule has 0 bridgehead atoms. The smallest absolute Gasteiger partial charge is 0.305 e. The zero-order valence-electron chi connectivity index (χ0n) is 15.8. The van der Waals surface area contributed by atoms with E-state index in [0.29, 0.717) is 12.8 Å². The number of carbonyl (C=O) groups is 1. The van der Waals surface area contributed by atoms with Gasteiger partial charge in [0.1, 0.15) is 0 Å². The third kappa shape index (κ3) is 9.55. The van der Waals surface area contributed by atoms with Gasteiger partial charge in [-0.25, -0.2) is 0 Å². The lowest BCUT2D eigenvalue weighted by Crippen LogP contribution is -2.28. The Morgan fingerprint density at radius 1 is 0.920 bits per heavy atom. The molecule has 1 rings (SSSR count). The number of methoxy groups -OCH3 is 1. The molecule has 0 heterocycles. The number of hydrogen-bond acceptors (Lipinski definition) is 6. The molecule has 148 valence electrons. The molecule has 1 fully saturated rings. The van der Waals surface area contributed by atoms with Gasteiger partial charge in [0.05, 0.1) is 19.3 Å². The van der Waals surface area contributed by atoms with Crippen molar-refractivity contribution in [2.24, 2.45) is 0 Å². The summed E-state index contributed by atoms with van der Waals surface area (Å²) in [6.45, 7) is 2.22. The van der Waals surface area contributed by atoms with Crippen LogP contribution in [0.1, 0.15) is 71.1 Å². The van der Waals surface area contributed by atoms with Crippen LogP contribution in [0.25, 0.3) is 0 Å². The SMILES string of the molecule is CCCCCCCS[C@H]1C(O)CC(O)[C@@H]1SCCCCCC(=O)OC. The molecule has 0 aromatic rings. The van der Waals surface area contributed by atoms with Gasteiger partial charge in [-0.3, -0.25) is 4.79 Å². The highest BCUT2D eigenvalue weighted by molar-refractivity contribution is 8.03. The lowest BCUT2D eigenvalue weighted by molar-refractivity contribution is -0.140. The van der Waals surface area contributed by atoms with Gasteiger partial charge in [-0.1, -0.05) is 39.0 Å². The van der Waals surface area contributed by atoms with Crippen molar-refractivity contribution in [1.29, 1.82) is 0 Å². The van der Waals surface area contributed by atoms with Crippen LogP contribution in [0.3, 0.4) is 0 Å². The number of carbonyl (C=O) groups excluding carboxylic acids is 1. The minimum absolute atomic E-state index is 0.135. The van der Waals surface area contributed by atoms with E-state index in [9.17, 15) is 15.0 Å². The van der Waals surface area contributed by atoms with Crippen LogP contribution in [0.15, 0.2) is 0 Å². The number of aliphatic hydroxyl groups excluding tert-OH is 2. The fourth-order valence-electron chi connectivity index (χ4n) is 3.16. The van der Waals surface area contributed by atoms with Crippen LogP contribution >= 0.6 is 23.5 Å². The fourth-order valence-corrected chi connectivity index (χ4v) is 6.33. The maximum atomic E-state index is 11.1. The average Bonchev–Trinajstić information content (AvgIpc) is 2.87. The first-order valence-electron chi connectivity index (χ1n) is 9.76. The minimum atomic E-state index is -0.396. The molecule has 2 unspecified atom stereocenters. The summed E-state index contributed by atoms with van der Waals surface area (Å²) in [6, 6.07) is 0. The van der Waals surface area contributed by atoms with Gasteiger partial charge in [0.15, 0.2) is 0 Å². The van der Waals surface area contributed by atoms with Gasteiger partial charge in [0.25, 0.3) is 0 Å². The van der Waals surface area contributed by atoms with Crippen molar-refractivity contribution in [1.82, 2.24) is 0 Å². The normalized spacial score (nSPS) is 26.1. The number of aliphatic hydroxyl groups is 2. The molecule has 6 heteroatoms. The third-order valence-corrected chi connectivity index (χ3v) is 7.89. The quantitative estimate of drug-likeness (QED) is 0.344. The number of ether oxygens (including phenoxy) is 1. The highest BCUT2D eigenvalue weighted by Gasteiger charge is 2.41. The van der Waals surface area contributed by atoms with E-state index in [1.807, 2.05) is 11.8 Å². The molecule has 0 radical (unpaired) electrons. The Bertz CT molecular complexity index is 354. The summed E-state index contributed by atoms with van der Waals surface area (Å²) < 4.78 is 4.64. The van der Waals surface area contributed by atoms with Gasteiger partial charge >= 0.3 is 5.97 Å². The highest BCUT2D eigenvalue weighted by Crippen LogP contribution is 2.39. The molecular formula is C19H36O4S2. The minimum Gasteiger partial charge on any atom is -0.469 e. The second-order valence-electron chi connectivity index (χ2n) is 6.84. The second kappa shape index (κ2) is 14.2. The Kier molecular flexibility index (Phi) is 13.1. The van der Waals surface area contributed by atoms with Crippen LogP contribution in [0, 0.1) is 0 Å². The van der Waals surface area contributed by atoms with Crippen LogP contribution < -0.4 is 0 Å². The molecule has 0 aliphatic heterocycles. The molecule has 0 saturated heterocycles. The fraction of sp³-hybridized carbons (Fsp3) is 0.947. The number of rotatable bonds is 14. The van der Waals surface area contributed by atoms with Gasteiger partial charge in [0.2, 0.25) is 0 Å². The lowest BCUT2D eigenvalue weighted by atomic mass is 10.2. The van der Waals surface area contributed by atoms with E-state index in [-0.39, 0.29) is 22.6 Å². The van der Waals surface area contributed by atoms with E-state index < -0.39 is 6.10 Å². The number of esters is 1. The summed E-state index contributed by atoms with van der Waals surface area (Å²) in [6.07, 6.45) is 9.46. The Labute approximate surface area is 161 Å². The zero-order valence-corrected chi connectivity index (χ0v) is 17.5. The summed E-state index contributed by atoms with van der Waals surface area (Å²) in [5.74, 6) is 1.91. The van der Waals surface area contributed by atoms with E-state index in [0.717, 1.165) is 30.8 Å². The van der Waals surface area contributed by atoms with Crippen LogP contribution in [0.2, 0.25) is 0 Å². The van der Waals surface area contributed by atoms with Crippen LogP contribution in [0.4, 0.5) is 0 Å². The van der Waals surface area contributed by atoms with E-state index in [1.54, 1.807) is 11.8 Å². The van der Waals surface area contributed by atoms with E-state index in [1.165, 1.54) is 39.2 Å². The molecule has 1 aliphatic rings. The van der Waals surface area contributed by atoms with Gasteiger partial charge in [-0.05, 0) is 30.8 Å². The molecule has 1 aliphatic carbocycles. The second-order valence-corrected chi connectivity index (χ2v) is 9.41. The van der Waals surface area contributed by atoms with Crippen LogP contribution in [-0.4, -0.2) is 57.5 Å². The van der Waals surface area contributed by atoms with E-state index >= 15 is 0 Å². The summed E-state index contributed by atoms with van der Waals surface area (Å²) in [4.78, 5) is 11.1. The lowest BCUT2D eigenvalue weighted by Gasteiger charge is -2.22. The maximum absolute atomic E-state index is 11.1. The molecule has 0 spiro atoms. The molecule has 0 amide bonds. The Balaban J connectivity index is 2.19. The van der Waals surface area contributed by atoms with Gasteiger partial charge < -0.3 is 14.9 Å². The van der Waals surface area contributed by atoms with Crippen molar-refractivity contribution in [3.8, 4) is 0 Å². The number of unbranched alkanes of at least 4 members (excludes halogenated alkanes) is 6. The number of thioether (sulfide) groups is 2. The predicted molar refractivity (Wildman–Crippen MR) is 108 cm³/mol. The molecule has 0 aromatic carbocycles. The summed E-state index contributed by atoms with van der Waals surface area (Å²) in [7, 11) is 1.42. The largest absolute Gasteiger partial charge is 0.469 e. The predicted octanol–water partition coefficient (Wildman–Crippen LogP) is 4.02. The first kappa shape index (κ1) is 23.1. The molecule has 1 saturated carbocycles. The zero-order chi connectivity index (χ0) is 18.5. The standard InChI is InChI=1S/C19H36O4S2/c1-3-4-5-6-9-12-24-18-15(20)14-16(21)19(18)25-13-10-7-8-11-17(22)23-2/h15-16,18-21H,3-14H2,1-2H3/t15?,16?,18-,19-/m0/s1. The van der Waals surface area contributed by atoms with Crippen molar-refractivity contribution < 1.29 is 19.7 Å². The van der Waals surface area contributed by atoms with Crippen molar-refractivity contribution in [2.75, 3.05) is 18.6 Å². The molecule has 25 heavy (non-hydrogen) atoms. The van der Waals surface area contributed by atoms with Gasteiger partial charge in [-0.15, -0.1) is 0 Å². The summed E-state index contributed by atoms with van der Waals surface area (Å²) in [5.41, 5.74) is 0. The van der Waals surface area contributed by atoms with Crippen LogP contribution in [-0.2, 0) is 9.53 Å². The summed E-state index contributed by atoms with van der Waals surface area (Å²) in [5, 5.41) is 20.8. The summed E-state index contributed by atoms with van der Waals surface area (Å²) >= 11 is 3.64. The van der Waals surface area contributed by atoms with Crippen molar-refractivity contribution in [3.05, 3.63) is 0 Å². The topological polar surface area (TPSA) is 66.8 Å². The van der Waals surface area contributed by atoms with Gasteiger partial charge in [0, 0.05) is 23.3 Å².